The first-order valence-electron chi connectivity index (χ1n) is 11.0. The van der Waals surface area contributed by atoms with Crippen molar-refractivity contribution < 1.29 is 48.6 Å². The number of benzene rings is 2. The second-order valence-electron chi connectivity index (χ2n) is 7.74. The van der Waals surface area contributed by atoms with Crippen LogP contribution in [-0.2, 0) is 0 Å². The Bertz CT molecular complexity index is 1360. The van der Waals surface area contributed by atoms with E-state index in [0.717, 1.165) is 23.3 Å². The third kappa shape index (κ3) is 5.94. The van der Waals surface area contributed by atoms with Crippen LogP contribution >= 0.6 is 11.6 Å². The summed E-state index contributed by atoms with van der Waals surface area (Å²) < 4.78 is 16.7. The molecule has 4 aromatic rings. The van der Waals surface area contributed by atoms with Gasteiger partial charge in [-0.2, -0.15) is 6.42 Å². The molecule has 176 valence electrons. The maximum absolute atomic E-state index is 12.8. The number of fused-ring (bicyclic) bond motifs is 1. The van der Waals surface area contributed by atoms with Gasteiger partial charge in [-0.25, -0.2) is 9.97 Å². The Hall–Kier alpha value is -3.23. The summed E-state index contributed by atoms with van der Waals surface area (Å²) in [5.41, 5.74) is 2.92. The number of carbonyl (C=O) groups is 1. The minimum atomic E-state index is -0.287. The summed E-state index contributed by atoms with van der Waals surface area (Å²) >= 11 is 6.37. The Labute approximate surface area is 236 Å². The molecule has 5 rings (SSSR count). The van der Waals surface area contributed by atoms with Crippen molar-refractivity contribution in [1.82, 2.24) is 9.97 Å². The van der Waals surface area contributed by atoms with Crippen molar-refractivity contribution in [2.24, 2.45) is 0 Å². The van der Waals surface area contributed by atoms with Crippen LogP contribution in [0.5, 0.6) is 23.1 Å². The van der Waals surface area contributed by atoms with Crippen LogP contribution in [0.3, 0.4) is 0 Å². The number of pyridine rings is 2. The monoisotopic (exact) mass is 509 g/mol. The van der Waals surface area contributed by atoms with Crippen LogP contribution in [0.1, 0.15) is 22.3 Å². The van der Waals surface area contributed by atoms with Gasteiger partial charge in [0.1, 0.15) is 17.3 Å². The summed E-state index contributed by atoms with van der Waals surface area (Å²) in [4.78, 5) is 21.5. The standard InChI is InChI=1S/C27H21ClN3O4.Na/c1-33-26-12-9-19(16-29-26)22-5-2-6-25(30-22)31-27(32)17-7-10-20(11-8-17)35-24-15-23-18(14-21(24)28)4-3-13-34-23;/h2,4-12,14-16H,3,13H2,1H3,(H,30,31,32);/q-1;+1. The van der Waals surface area contributed by atoms with Gasteiger partial charge in [0.15, 0.2) is 0 Å². The number of hydrogen-bond acceptors (Lipinski definition) is 6. The number of hydrogen-bond donors (Lipinski definition) is 1. The Morgan fingerprint density at radius 3 is 2.69 bits per heavy atom. The van der Waals surface area contributed by atoms with Crippen LogP contribution in [0.15, 0.2) is 72.9 Å². The van der Waals surface area contributed by atoms with Crippen molar-refractivity contribution in [2.75, 3.05) is 19.0 Å². The molecule has 1 aliphatic heterocycles. The number of halogens is 1. The number of nitrogens with one attached hydrogen (secondary N) is 1. The molecule has 0 spiro atoms. The molecule has 0 saturated heterocycles. The molecule has 1 N–H and O–H groups in total. The largest absolute Gasteiger partial charge is 1.00 e. The molecule has 7 nitrogen and oxygen atoms in total. The first kappa shape index (κ1) is 25.9. The number of methoxy groups -OCH3 is 1. The van der Waals surface area contributed by atoms with Gasteiger partial charge in [0.05, 0.1) is 19.4 Å². The fourth-order valence-electron chi connectivity index (χ4n) is 3.60. The van der Waals surface area contributed by atoms with E-state index in [-0.39, 0.29) is 35.5 Å². The van der Waals surface area contributed by atoms with E-state index in [0.29, 0.717) is 46.1 Å². The predicted molar refractivity (Wildman–Crippen MR) is 133 cm³/mol. The number of ether oxygens (including phenoxy) is 3. The summed E-state index contributed by atoms with van der Waals surface area (Å²) in [6, 6.07) is 19.4. The molecule has 0 fully saturated rings. The Morgan fingerprint density at radius 1 is 1.11 bits per heavy atom. The average molecular weight is 510 g/mol. The fourth-order valence-corrected chi connectivity index (χ4v) is 3.81. The maximum Gasteiger partial charge on any atom is 1.00 e. The van der Waals surface area contributed by atoms with Gasteiger partial charge in [-0.15, -0.1) is 11.6 Å². The summed E-state index contributed by atoms with van der Waals surface area (Å²) in [5.74, 6) is 2.45. The number of rotatable bonds is 6. The molecule has 0 aliphatic carbocycles. The normalized spacial score (nSPS) is 11.7. The van der Waals surface area contributed by atoms with Gasteiger partial charge in [-0.1, -0.05) is 17.7 Å². The third-order valence-electron chi connectivity index (χ3n) is 5.38. The smallest absolute Gasteiger partial charge is 0.551 e. The van der Waals surface area contributed by atoms with Crippen LogP contribution in [0.25, 0.3) is 11.3 Å². The first-order valence-corrected chi connectivity index (χ1v) is 11.3. The molecule has 0 radical (unpaired) electrons. The quantitative estimate of drug-likeness (QED) is 0.317. The topological polar surface area (TPSA) is 82.6 Å². The van der Waals surface area contributed by atoms with Gasteiger partial charge in [0, 0.05) is 34.2 Å². The molecule has 0 atom stereocenters. The second kappa shape index (κ2) is 11.7. The predicted octanol–water partition coefficient (Wildman–Crippen LogP) is 3.19. The zero-order valence-electron chi connectivity index (χ0n) is 19.8. The van der Waals surface area contributed by atoms with E-state index in [9.17, 15) is 4.79 Å². The molecular weight excluding hydrogens is 489 g/mol. The summed E-state index contributed by atoms with van der Waals surface area (Å²) in [6.07, 6.45) is 4.61. The van der Waals surface area contributed by atoms with Crippen LogP contribution < -0.4 is 49.1 Å². The molecular formula is C27H21ClN3NaO4. The van der Waals surface area contributed by atoms with Gasteiger partial charge in [0.2, 0.25) is 5.88 Å². The van der Waals surface area contributed by atoms with E-state index in [1.807, 2.05) is 24.3 Å². The van der Waals surface area contributed by atoms with Crippen molar-refractivity contribution in [3.63, 3.8) is 0 Å². The van der Waals surface area contributed by atoms with Crippen molar-refractivity contribution in [1.29, 1.82) is 0 Å². The second-order valence-corrected chi connectivity index (χ2v) is 8.15. The molecule has 0 unspecified atom stereocenters. The zero-order valence-corrected chi connectivity index (χ0v) is 22.6. The number of aromatic nitrogens is 2. The van der Waals surface area contributed by atoms with Gasteiger partial charge in [-0.05, 0) is 55.0 Å². The van der Waals surface area contributed by atoms with Crippen LogP contribution in [-0.4, -0.2) is 29.6 Å². The summed E-state index contributed by atoms with van der Waals surface area (Å²) in [6.45, 7) is 0.632. The van der Waals surface area contributed by atoms with E-state index < -0.39 is 0 Å². The molecule has 0 bridgehead atoms. The number of anilines is 1. The van der Waals surface area contributed by atoms with Gasteiger partial charge < -0.3 is 19.5 Å². The Kier molecular flexibility index (Phi) is 8.38. The molecule has 36 heavy (non-hydrogen) atoms. The van der Waals surface area contributed by atoms with Crippen molar-refractivity contribution in [3.8, 4) is 34.4 Å². The molecule has 1 amide bonds. The minimum absolute atomic E-state index is 0. The van der Waals surface area contributed by atoms with Crippen LogP contribution in [0, 0.1) is 6.42 Å². The van der Waals surface area contributed by atoms with E-state index in [2.05, 4.69) is 21.7 Å². The van der Waals surface area contributed by atoms with Crippen molar-refractivity contribution in [3.05, 3.63) is 95.5 Å². The first-order chi connectivity index (χ1) is 17.1. The molecule has 2 aromatic heterocycles. The number of carbonyl (C=O) groups excluding carboxylic acids is 1. The van der Waals surface area contributed by atoms with Gasteiger partial charge in [0.25, 0.3) is 5.91 Å². The van der Waals surface area contributed by atoms with E-state index in [4.69, 9.17) is 25.8 Å². The minimum Gasteiger partial charge on any atom is -0.551 e. The molecule has 1 aliphatic rings. The SMILES string of the molecule is COc1ccc(-c2cccc(NC(=O)c3ccc(Oc4cc5c(cc4Cl)[CH-]CCO5)cc3)n2)cn1.[Na+]. The fraction of sp³-hybridized carbons (Fsp3) is 0.111. The molecule has 3 heterocycles. The van der Waals surface area contributed by atoms with Crippen molar-refractivity contribution in [2.45, 2.75) is 6.42 Å². The van der Waals surface area contributed by atoms with E-state index >= 15 is 0 Å². The summed E-state index contributed by atoms with van der Waals surface area (Å²) in [5, 5.41) is 3.32. The summed E-state index contributed by atoms with van der Waals surface area (Å²) in [7, 11) is 1.56. The van der Waals surface area contributed by atoms with Crippen molar-refractivity contribution >= 4 is 23.3 Å². The van der Waals surface area contributed by atoms with Gasteiger partial charge >= 0.3 is 29.6 Å². The zero-order chi connectivity index (χ0) is 24.2. The number of amides is 1. The maximum atomic E-state index is 12.8. The molecule has 9 heteroatoms. The molecule has 0 saturated carbocycles. The number of nitrogens with zero attached hydrogens (tertiary/aromatic N) is 2. The van der Waals surface area contributed by atoms with Crippen LogP contribution in [0.4, 0.5) is 5.82 Å². The molecule has 2 aromatic carbocycles. The average Bonchev–Trinajstić information content (AvgIpc) is 2.90. The Morgan fingerprint density at radius 2 is 1.94 bits per heavy atom. The van der Waals surface area contributed by atoms with Crippen LogP contribution in [0.2, 0.25) is 5.02 Å². The Balaban J connectivity index is 0.00000304. The van der Waals surface area contributed by atoms with Gasteiger partial charge in [-0.3, -0.25) is 4.79 Å². The van der Waals surface area contributed by atoms with E-state index in [1.54, 1.807) is 55.8 Å². The third-order valence-corrected chi connectivity index (χ3v) is 5.68. The van der Waals surface area contributed by atoms with E-state index in [1.165, 1.54) is 0 Å².